The van der Waals surface area contributed by atoms with E-state index in [0.717, 1.165) is 33.6 Å². The second-order valence-corrected chi connectivity index (χ2v) is 8.73. The van der Waals surface area contributed by atoms with Crippen molar-refractivity contribution < 1.29 is 37.7 Å². The van der Waals surface area contributed by atoms with E-state index in [1.165, 1.54) is 0 Å². The first-order valence-electron chi connectivity index (χ1n) is 11.9. The van der Waals surface area contributed by atoms with E-state index in [-0.39, 0.29) is 5.75 Å². The number of phenolic OH excluding ortho intramolecular Hbond substituents is 1. The molecule has 0 radical (unpaired) electrons. The van der Waals surface area contributed by atoms with Gasteiger partial charge in [0.2, 0.25) is 0 Å². The molecule has 1 heterocycles. The number of methoxy groups -OCH3 is 2. The Morgan fingerprint density at radius 1 is 0.850 bits per heavy atom. The molecular weight excluding hydrogens is 525 g/mol. The number of aliphatic carboxylic acids is 1. The number of hydrogen-bond donors (Lipinski definition) is 3. The van der Waals surface area contributed by atoms with Gasteiger partial charge in [-0.05, 0) is 46.5 Å². The number of carboxylic acid groups (broad SMARTS) is 1. The van der Waals surface area contributed by atoms with Crippen LogP contribution in [-0.4, -0.2) is 42.4 Å². The standard InChI is InChI=1S/C28H24N2O3.C2HF3O2/c1-32-21-14-12-19(13-15-21)28(24-11-7-6-10-22(24)27(29)30-28)20-16-23(18-8-4-3-5-9-18)26(31)25(17-20)33-2;3-2(4,5)1(6)7/h3-17,31H,1-2H3,(H2,29,30);(H,6,7). The lowest BCUT2D eigenvalue weighted by atomic mass is 9.76. The summed E-state index contributed by atoms with van der Waals surface area (Å²) in [5, 5.41) is 18.1. The number of rotatable bonds is 5. The molecule has 0 saturated carbocycles. The minimum atomic E-state index is -5.08. The van der Waals surface area contributed by atoms with Gasteiger partial charge in [-0.15, -0.1) is 0 Å². The molecule has 206 valence electrons. The summed E-state index contributed by atoms with van der Waals surface area (Å²) in [6.45, 7) is 0. The third-order valence-corrected chi connectivity index (χ3v) is 6.43. The molecule has 4 aromatic carbocycles. The lowest BCUT2D eigenvalue weighted by Crippen LogP contribution is -2.25. The maximum Gasteiger partial charge on any atom is 0.490 e. The number of phenols is 1. The Kier molecular flexibility index (Phi) is 7.72. The summed E-state index contributed by atoms with van der Waals surface area (Å²) < 4.78 is 42.7. The molecule has 1 unspecified atom stereocenters. The Labute approximate surface area is 228 Å². The van der Waals surface area contributed by atoms with E-state index in [1.54, 1.807) is 14.2 Å². The van der Waals surface area contributed by atoms with E-state index in [0.29, 0.717) is 17.1 Å². The van der Waals surface area contributed by atoms with Crippen molar-refractivity contribution in [1.82, 2.24) is 0 Å². The number of aliphatic imine (C=N–C) groups is 1. The van der Waals surface area contributed by atoms with Crippen LogP contribution >= 0.6 is 0 Å². The van der Waals surface area contributed by atoms with Crippen LogP contribution in [0.5, 0.6) is 17.2 Å². The van der Waals surface area contributed by atoms with Crippen LogP contribution in [0.1, 0.15) is 22.3 Å². The summed E-state index contributed by atoms with van der Waals surface area (Å²) in [6, 6.07) is 29.3. The number of ether oxygens (including phenoxy) is 2. The molecule has 1 aliphatic heterocycles. The molecule has 1 aliphatic rings. The monoisotopic (exact) mass is 550 g/mol. The second kappa shape index (κ2) is 11.0. The Morgan fingerprint density at radius 3 is 2.02 bits per heavy atom. The first-order valence-corrected chi connectivity index (χ1v) is 11.9. The first-order chi connectivity index (χ1) is 19.0. The zero-order chi connectivity index (χ0) is 29.1. The fourth-order valence-electron chi connectivity index (χ4n) is 4.57. The second-order valence-electron chi connectivity index (χ2n) is 8.73. The van der Waals surface area contributed by atoms with Crippen molar-refractivity contribution >= 4 is 11.8 Å². The van der Waals surface area contributed by atoms with Gasteiger partial charge in [0.25, 0.3) is 0 Å². The fourth-order valence-corrected chi connectivity index (χ4v) is 4.57. The quantitative estimate of drug-likeness (QED) is 0.293. The van der Waals surface area contributed by atoms with Gasteiger partial charge in [0.05, 0.1) is 14.2 Å². The average Bonchev–Trinajstić information content (AvgIpc) is 3.26. The number of aromatic hydroxyl groups is 1. The average molecular weight is 551 g/mol. The molecule has 7 nitrogen and oxygen atoms in total. The molecular formula is C30H25F3N2O5. The highest BCUT2D eigenvalue weighted by atomic mass is 19.4. The normalized spacial score (nSPS) is 15.8. The molecule has 0 amide bonds. The van der Waals surface area contributed by atoms with Crippen molar-refractivity contribution in [2.75, 3.05) is 14.2 Å². The molecule has 0 saturated heterocycles. The molecule has 5 rings (SSSR count). The number of alkyl halides is 3. The highest BCUT2D eigenvalue weighted by Crippen LogP contribution is 2.50. The lowest BCUT2D eigenvalue weighted by molar-refractivity contribution is -0.192. The highest BCUT2D eigenvalue weighted by Gasteiger charge is 2.43. The summed E-state index contributed by atoms with van der Waals surface area (Å²) in [5.41, 5.74) is 10.7. The van der Waals surface area contributed by atoms with Crippen LogP contribution in [0.4, 0.5) is 13.2 Å². The van der Waals surface area contributed by atoms with E-state index in [1.807, 2.05) is 91.0 Å². The number of benzene rings is 4. The number of fused-ring (bicyclic) bond motifs is 1. The van der Waals surface area contributed by atoms with Crippen LogP contribution in [0.15, 0.2) is 96.0 Å². The maximum atomic E-state index is 11.0. The number of hydrogen-bond acceptors (Lipinski definition) is 6. The van der Waals surface area contributed by atoms with Crippen LogP contribution in [-0.2, 0) is 10.3 Å². The molecule has 0 bridgehead atoms. The Hall–Kier alpha value is -4.99. The summed E-state index contributed by atoms with van der Waals surface area (Å²) in [4.78, 5) is 13.9. The number of nitrogens with zero attached hydrogens (tertiary/aromatic N) is 1. The number of nitrogens with two attached hydrogens (primary N) is 1. The predicted molar refractivity (Wildman–Crippen MR) is 144 cm³/mol. The van der Waals surface area contributed by atoms with Crippen molar-refractivity contribution in [1.29, 1.82) is 0 Å². The van der Waals surface area contributed by atoms with E-state index in [2.05, 4.69) is 0 Å². The molecule has 0 aromatic heterocycles. The van der Waals surface area contributed by atoms with Crippen LogP contribution in [0.25, 0.3) is 11.1 Å². The van der Waals surface area contributed by atoms with Crippen LogP contribution in [0, 0.1) is 0 Å². The van der Waals surface area contributed by atoms with E-state index in [4.69, 9.17) is 30.1 Å². The van der Waals surface area contributed by atoms with E-state index in [9.17, 15) is 18.3 Å². The highest BCUT2D eigenvalue weighted by molar-refractivity contribution is 6.03. The molecule has 4 N–H and O–H groups in total. The van der Waals surface area contributed by atoms with Crippen molar-refractivity contribution in [2.45, 2.75) is 11.7 Å². The zero-order valence-corrected chi connectivity index (χ0v) is 21.4. The predicted octanol–water partition coefficient (Wildman–Crippen LogP) is 5.72. The molecule has 1 atom stereocenters. The Bertz CT molecular complexity index is 1550. The molecule has 0 aliphatic carbocycles. The van der Waals surface area contributed by atoms with Crippen molar-refractivity contribution in [3.05, 3.63) is 113 Å². The minimum absolute atomic E-state index is 0.0839. The van der Waals surface area contributed by atoms with Crippen molar-refractivity contribution in [2.24, 2.45) is 10.7 Å². The smallest absolute Gasteiger partial charge is 0.490 e. The van der Waals surface area contributed by atoms with Gasteiger partial charge in [0, 0.05) is 11.1 Å². The van der Waals surface area contributed by atoms with Crippen molar-refractivity contribution in [3.63, 3.8) is 0 Å². The van der Waals surface area contributed by atoms with Crippen LogP contribution in [0.2, 0.25) is 0 Å². The topological polar surface area (TPSA) is 114 Å². The van der Waals surface area contributed by atoms with Crippen LogP contribution in [0.3, 0.4) is 0 Å². The molecule has 0 spiro atoms. The number of amidine groups is 1. The maximum absolute atomic E-state index is 11.0. The van der Waals surface area contributed by atoms with E-state index < -0.39 is 17.7 Å². The van der Waals surface area contributed by atoms with Gasteiger partial charge in [0.15, 0.2) is 11.5 Å². The van der Waals surface area contributed by atoms with Gasteiger partial charge in [-0.25, -0.2) is 9.79 Å². The first kappa shape index (κ1) is 28.0. The largest absolute Gasteiger partial charge is 0.504 e. The minimum Gasteiger partial charge on any atom is -0.504 e. The van der Waals surface area contributed by atoms with Gasteiger partial charge in [-0.1, -0.05) is 66.7 Å². The van der Waals surface area contributed by atoms with Crippen molar-refractivity contribution in [3.8, 4) is 28.4 Å². The SMILES string of the molecule is COc1ccc(C2(c3cc(OC)c(O)c(-c4ccccc4)c3)N=C(N)c3ccccc32)cc1.O=C(O)C(F)(F)F. The number of carbonyl (C=O) groups is 1. The van der Waals surface area contributed by atoms with E-state index >= 15 is 0 Å². The lowest BCUT2D eigenvalue weighted by Gasteiger charge is -2.30. The van der Waals surface area contributed by atoms with Gasteiger partial charge < -0.3 is 25.4 Å². The van der Waals surface area contributed by atoms with Gasteiger partial charge in [-0.3, -0.25) is 0 Å². The van der Waals surface area contributed by atoms with Crippen LogP contribution < -0.4 is 15.2 Å². The number of halogens is 3. The third kappa shape index (κ3) is 5.15. The summed E-state index contributed by atoms with van der Waals surface area (Å²) in [5.74, 6) is -1.08. The fraction of sp³-hybridized carbons (Fsp3) is 0.133. The number of carboxylic acids is 1. The summed E-state index contributed by atoms with van der Waals surface area (Å²) in [6.07, 6.45) is -5.08. The van der Waals surface area contributed by atoms with Gasteiger partial charge in [-0.2, -0.15) is 13.2 Å². The summed E-state index contributed by atoms with van der Waals surface area (Å²) in [7, 11) is 3.19. The molecule has 10 heteroatoms. The Balaban J connectivity index is 0.000000470. The Morgan fingerprint density at radius 2 is 1.45 bits per heavy atom. The summed E-state index contributed by atoms with van der Waals surface area (Å²) >= 11 is 0. The van der Waals surface area contributed by atoms with Gasteiger partial charge in [0.1, 0.15) is 17.1 Å². The zero-order valence-electron chi connectivity index (χ0n) is 21.4. The van der Waals surface area contributed by atoms with Gasteiger partial charge >= 0.3 is 12.1 Å². The molecule has 40 heavy (non-hydrogen) atoms. The molecule has 0 fully saturated rings. The third-order valence-electron chi connectivity index (χ3n) is 6.43. The molecule has 4 aromatic rings.